The van der Waals surface area contributed by atoms with E-state index in [4.69, 9.17) is 60.4 Å². The van der Waals surface area contributed by atoms with Crippen molar-refractivity contribution < 1.29 is 14.0 Å². The molecule has 1 aromatic rings. The monoisotopic (exact) mass is 385 g/mol. The standard InChI is InChI=1S/C14H15Cl4NO3/c1-6-5-8(22-19-6)9-7(2)12(17)10(15)11(16)13(9,18)14(12,20-3)21-4/h5,7,9H,1-4H3/t7?,9?,12-,13+/m0/s1. The molecule has 22 heavy (non-hydrogen) atoms. The Morgan fingerprint density at radius 3 is 2.09 bits per heavy atom. The molecule has 1 saturated carbocycles. The van der Waals surface area contributed by atoms with E-state index in [0.717, 1.165) is 5.69 Å². The molecule has 0 spiro atoms. The van der Waals surface area contributed by atoms with Crippen LogP contribution in [-0.2, 0) is 9.47 Å². The van der Waals surface area contributed by atoms with E-state index in [-0.39, 0.29) is 16.0 Å². The lowest BCUT2D eigenvalue weighted by atomic mass is 9.81. The van der Waals surface area contributed by atoms with Crippen molar-refractivity contribution in [1.29, 1.82) is 0 Å². The van der Waals surface area contributed by atoms with Crippen molar-refractivity contribution in [2.24, 2.45) is 5.92 Å². The predicted molar refractivity (Wildman–Crippen MR) is 85.8 cm³/mol. The third-order valence-corrected chi connectivity index (χ3v) is 7.59. The zero-order valence-electron chi connectivity index (χ0n) is 12.4. The first-order valence-corrected chi connectivity index (χ1v) is 8.21. The SMILES string of the molecule is COC1(OC)[C@@]2(Cl)C(Cl)=C(Cl)[C@]1(Cl)C(c1cc(C)no1)C2C. The summed E-state index contributed by atoms with van der Waals surface area (Å²) in [6, 6.07) is 1.81. The number of ether oxygens (including phenoxy) is 2. The minimum atomic E-state index is -1.41. The average Bonchev–Trinajstić information content (AvgIpc) is 3.00. The van der Waals surface area contributed by atoms with Crippen molar-refractivity contribution in [3.63, 3.8) is 0 Å². The molecular weight excluding hydrogens is 372 g/mol. The second kappa shape index (κ2) is 5.01. The summed E-state index contributed by atoms with van der Waals surface area (Å²) in [7, 11) is 2.94. The summed E-state index contributed by atoms with van der Waals surface area (Å²) in [5, 5.41) is 4.39. The van der Waals surface area contributed by atoms with Gasteiger partial charge in [-0.25, -0.2) is 0 Å². The summed E-state index contributed by atoms with van der Waals surface area (Å²) in [6.45, 7) is 3.74. The highest BCUT2D eigenvalue weighted by atomic mass is 35.5. The summed E-state index contributed by atoms with van der Waals surface area (Å²) in [4.78, 5) is -2.52. The molecule has 0 amide bonds. The molecule has 0 aliphatic heterocycles. The summed E-state index contributed by atoms with van der Waals surface area (Å²) in [6.07, 6.45) is 0. The molecular formula is C14H15Cl4NO3. The first-order valence-electron chi connectivity index (χ1n) is 6.70. The number of methoxy groups -OCH3 is 2. The van der Waals surface area contributed by atoms with Gasteiger partial charge in [0.05, 0.1) is 21.7 Å². The Kier molecular flexibility index (Phi) is 3.84. The van der Waals surface area contributed by atoms with E-state index >= 15 is 0 Å². The Labute approximate surface area is 148 Å². The van der Waals surface area contributed by atoms with E-state index in [9.17, 15) is 0 Å². The maximum Gasteiger partial charge on any atom is 0.218 e. The van der Waals surface area contributed by atoms with Crippen molar-refractivity contribution in [3.05, 3.63) is 27.6 Å². The molecule has 2 bridgehead atoms. The summed E-state index contributed by atoms with van der Waals surface area (Å²) in [5.74, 6) is -1.50. The Bertz CT molecular complexity index is 656. The molecule has 4 atom stereocenters. The fraction of sp³-hybridized carbons (Fsp3) is 0.643. The lowest BCUT2D eigenvalue weighted by molar-refractivity contribution is -0.219. The van der Waals surface area contributed by atoms with Crippen molar-refractivity contribution >= 4 is 46.4 Å². The van der Waals surface area contributed by atoms with Crippen LogP contribution < -0.4 is 0 Å². The molecule has 0 N–H and O–H groups in total. The normalized spacial score (nSPS) is 39.8. The number of fused-ring (bicyclic) bond motifs is 2. The largest absolute Gasteiger partial charge is 0.361 e. The van der Waals surface area contributed by atoms with Crippen molar-refractivity contribution in [3.8, 4) is 0 Å². The molecule has 1 fully saturated rings. The number of nitrogens with zero attached hydrogens (tertiary/aromatic N) is 1. The molecule has 0 aromatic carbocycles. The highest BCUT2D eigenvalue weighted by Crippen LogP contribution is 2.75. The van der Waals surface area contributed by atoms with Crippen molar-refractivity contribution in [2.75, 3.05) is 14.2 Å². The van der Waals surface area contributed by atoms with Crippen molar-refractivity contribution in [1.82, 2.24) is 5.16 Å². The fourth-order valence-electron chi connectivity index (χ4n) is 3.94. The molecule has 2 aliphatic rings. The van der Waals surface area contributed by atoms with Gasteiger partial charge < -0.3 is 14.0 Å². The minimum Gasteiger partial charge on any atom is -0.361 e. The van der Waals surface area contributed by atoms with Gasteiger partial charge in [-0.05, 0) is 12.8 Å². The van der Waals surface area contributed by atoms with Gasteiger partial charge in [0.15, 0.2) is 0 Å². The van der Waals surface area contributed by atoms with E-state index < -0.39 is 21.5 Å². The maximum atomic E-state index is 6.96. The first kappa shape index (κ1) is 16.9. The Morgan fingerprint density at radius 1 is 1.14 bits per heavy atom. The predicted octanol–water partition coefficient (Wildman–Crippen LogP) is 4.36. The minimum absolute atomic E-state index is 0.215. The van der Waals surface area contributed by atoms with Gasteiger partial charge in [0.25, 0.3) is 0 Å². The maximum absolute atomic E-state index is 6.96. The fourth-order valence-corrected chi connectivity index (χ4v) is 6.14. The number of hydrogen-bond donors (Lipinski definition) is 0. The Morgan fingerprint density at radius 2 is 1.68 bits per heavy atom. The molecule has 0 radical (unpaired) electrons. The molecule has 1 aromatic heterocycles. The Hall–Kier alpha value is 0.0300. The number of rotatable bonds is 3. The van der Waals surface area contributed by atoms with Crippen LogP contribution in [0.15, 0.2) is 20.7 Å². The van der Waals surface area contributed by atoms with Gasteiger partial charge in [-0.1, -0.05) is 35.3 Å². The second-order valence-electron chi connectivity index (χ2n) is 5.71. The van der Waals surface area contributed by atoms with Crippen LogP contribution >= 0.6 is 46.4 Å². The molecule has 2 aliphatic carbocycles. The van der Waals surface area contributed by atoms with Gasteiger partial charge in [0.1, 0.15) is 15.5 Å². The van der Waals surface area contributed by atoms with E-state index in [0.29, 0.717) is 5.76 Å². The summed E-state index contributed by atoms with van der Waals surface area (Å²) in [5.41, 5.74) is 0.737. The van der Waals surface area contributed by atoms with Crippen LogP contribution in [-0.4, -0.2) is 34.9 Å². The highest BCUT2D eigenvalue weighted by Gasteiger charge is 2.84. The van der Waals surface area contributed by atoms with Crippen molar-refractivity contribution in [2.45, 2.75) is 35.3 Å². The van der Waals surface area contributed by atoms with Crippen LogP contribution in [0.1, 0.15) is 24.3 Å². The molecule has 8 heteroatoms. The number of halogens is 4. The smallest absolute Gasteiger partial charge is 0.218 e. The first-order chi connectivity index (χ1) is 10.2. The van der Waals surface area contributed by atoms with Gasteiger partial charge in [0.2, 0.25) is 5.79 Å². The quantitative estimate of drug-likeness (QED) is 0.571. The van der Waals surface area contributed by atoms with Gasteiger partial charge >= 0.3 is 0 Å². The lowest BCUT2D eigenvalue weighted by Crippen LogP contribution is -2.57. The molecule has 0 saturated heterocycles. The van der Waals surface area contributed by atoms with E-state index in [2.05, 4.69) is 5.16 Å². The molecule has 4 nitrogen and oxygen atoms in total. The topological polar surface area (TPSA) is 44.5 Å². The van der Waals surface area contributed by atoms with Crippen LogP contribution in [0.5, 0.6) is 0 Å². The number of aromatic nitrogens is 1. The second-order valence-corrected chi connectivity index (χ2v) is 7.66. The molecule has 122 valence electrons. The zero-order chi connectivity index (χ0) is 16.5. The lowest BCUT2D eigenvalue weighted by Gasteiger charge is -2.41. The molecule has 3 rings (SSSR count). The van der Waals surface area contributed by atoms with Gasteiger partial charge in [0, 0.05) is 20.3 Å². The summed E-state index contributed by atoms with van der Waals surface area (Å²) >= 11 is 26.7. The summed E-state index contributed by atoms with van der Waals surface area (Å²) < 4.78 is 16.7. The molecule has 1 heterocycles. The average molecular weight is 387 g/mol. The number of aryl methyl sites for hydroxylation is 1. The van der Waals surface area contributed by atoms with Gasteiger partial charge in [-0.15, -0.1) is 23.2 Å². The van der Waals surface area contributed by atoms with Crippen LogP contribution in [0.4, 0.5) is 0 Å². The number of alkyl halides is 2. The highest BCUT2D eigenvalue weighted by molar-refractivity contribution is 6.52. The van der Waals surface area contributed by atoms with E-state index in [1.165, 1.54) is 14.2 Å². The van der Waals surface area contributed by atoms with E-state index in [1.807, 2.05) is 13.8 Å². The van der Waals surface area contributed by atoms with Gasteiger partial charge in [-0.3, -0.25) is 0 Å². The third-order valence-electron chi connectivity index (χ3n) is 4.87. The van der Waals surface area contributed by atoms with Crippen LogP contribution in [0.2, 0.25) is 0 Å². The van der Waals surface area contributed by atoms with Gasteiger partial charge in [-0.2, -0.15) is 0 Å². The number of hydrogen-bond acceptors (Lipinski definition) is 4. The van der Waals surface area contributed by atoms with Crippen LogP contribution in [0.3, 0.4) is 0 Å². The van der Waals surface area contributed by atoms with Crippen LogP contribution in [0.25, 0.3) is 0 Å². The zero-order valence-corrected chi connectivity index (χ0v) is 15.4. The molecule has 2 unspecified atom stereocenters. The van der Waals surface area contributed by atoms with Crippen LogP contribution in [0, 0.1) is 12.8 Å². The Balaban J connectivity index is 2.30. The van der Waals surface area contributed by atoms with E-state index in [1.54, 1.807) is 6.07 Å². The third kappa shape index (κ3) is 1.52.